The predicted molar refractivity (Wildman–Crippen MR) is 121 cm³/mol. The molecule has 0 spiro atoms. The quantitative estimate of drug-likeness (QED) is 0.371. The van der Waals surface area contributed by atoms with Gasteiger partial charge in [0.1, 0.15) is 11.4 Å². The molecule has 0 saturated carbocycles. The minimum Gasteiger partial charge on any atom is -0.392 e. The highest BCUT2D eigenvalue weighted by Crippen LogP contribution is 2.28. The monoisotopic (exact) mass is 430 g/mol. The molecule has 1 amide bonds. The summed E-state index contributed by atoms with van der Waals surface area (Å²) in [6.45, 7) is 2.46. The molecule has 0 aliphatic heterocycles. The van der Waals surface area contributed by atoms with Gasteiger partial charge in [0.25, 0.3) is 11.5 Å². The molecule has 2 heterocycles. The van der Waals surface area contributed by atoms with Gasteiger partial charge in [-0.3, -0.25) is 19.3 Å². The number of H-pyrrole nitrogens is 2. The summed E-state index contributed by atoms with van der Waals surface area (Å²) in [7, 11) is 0. The standard InChI is InChI=1S/C23H22N6O3/c1-14(26-22(31)20-19(24)21(30)28-23(32)27-20)17-9-5-6-10-18(17)16-11-25-29(13-16)12-15-7-3-2-4-8-15/h2-11,13-14H,12,24H2,1H3,(H,26,31)(H2,27,28,30,32). The second-order valence-corrected chi connectivity index (χ2v) is 7.39. The largest absolute Gasteiger partial charge is 0.392 e. The lowest BCUT2D eigenvalue weighted by atomic mass is 9.97. The second-order valence-electron chi connectivity index (χ2n) is 7.39. The van der Waals surface area contributed by atoms with E-state index < -0.39 is 23.2 Å². The normalized spacial score (nSPS) is 11.8. The van der Waals surface area contributed by atoms with Crippen LogP contribution in [-0.4, -0.2) is 25.7 Å². The van der Waals surface area contributed by atoms with Crippen LogP contribution in [0.25, 0.3) is 11.1 Å². The molecule has 1 atom stereocenters. The van der Waals surface area contributed by atoms with E-state index in [-0.39, 0.29) is 11.4 Å². The van der Waals surface area contributed by atoms with Gasteiger partial charge in [-0.2, -0.15) is 5.10 Å². The summed E-state index contributed by atoms with van der Waals surface area (Å²) in [5.41, 5.74) is 7.26. The van der Waals surface area contributed by atoms with Gasteiger partial charge in [0, 0.05) is 11.8 Å². The first-order chi connectivity index (χ1) is 15.4. The average molecular weight is 430 g/mol. The third-order valence-corrected chi connectivity index (χ3v) is 5.11. The molecule has 4 aromatic rings. The first-order valence-electron chi connectivity index (χ1n) is 10.0. The van der Waals surface area contributed by atoms with Crippen LogP contribution in [0.15, 0.2) is 76.6 Å². The van der Waals surface area contributed by atoms with E-state index in [0.717, 1.165) is 22.3 Å². The summed E-state index contributed by atoms with van der Waals surface area (Å²) in [4.78, 5) is 40.2. The molecule has 0 aliphatic rings. The van der Waals surface area contributed by atoms with Gasteiger partial charge in [0.15, 0.2) is 0 Å². The number of amides is 1. The Balaban J connectivity index is 1.58. The highest BCUT2D eigenvalue weighted by Gasteiger charge is 2.19. The van der Waals surface area contributed by atoms with Gasteiger partial charge in [0.05, 0.1) is 18.8 Å². The third kappa shape index (κ3) is 4.36. The van der Waals surface area contributed by atoms with Crippen molar-refractivity contribution in [2.24, 2.45) is 0 Å². The van der Waals surface area contributed by atoms with Gasteiger partial charge in [-0.1, -0.05) is 54.6 Å². The Bertz CT molecular complexity index is 1370. The molecular weight excluding hydrogens is 408 g/mol. The Morgan fingerprint density at radius 1 is 1.09 bits per heavy atom. The van der Waals surface area contributed by atoms with E-state index in [4.69, 9.17) is 5.73 Å². The van der Waals surface area contributed by atoms with Gasteiger partial charge in [-0.15, -0.1) is 0 Å². The maximum Gasteiger partial charge on any atom is 0.326 e. The van der Waals surface area contributed by atoms with Crippen LogP contribution < -0.4 is 22.3 Å². The van der Waals surface area contributed by atoms with Crippen molar-refractivity contribution in [1.82, 2.24) is 25.1 Å². The molecule has 9 heteroatoms. The first kappa shape index (κ1) is 20.9. The minimum absolute atomic E-state index is 0.265. The van der Waals surface area contributed by atoms with Crippen LogP contribution in [0.5, 0.6) is 0 Å². The molecular formula is C23H22N6O3. The molecule has 162 valence electrons. The summed E-state index contributed by atoms with van der Waals surface area (Å²) in [5, 5.41) is 7.26. The number of hydrogen-bond acceptors (Lipinski definition) is 5. The van der Waals surface area contributed by atoms with Crippen LogP contribution in [0.4, 0.5) is 5.69 Å². The summed E-state index contributed by atoms with van der Waals surface area (Å²) in [6, 6.07) is 17.2. The van der Waals surface area contributed by atoms with E-state index >= 15 is 0 Å². The fraction of sp³-hybridized carbons (Fsp3) is 0.130. The van der Waals surface area contributed by atoms with Crippen molar-refractivity contribution >= 4 is 11.6 Å². The molecule has 4 rings (SSSR count). The lowest BCUT2D eigenvalue weighted by Gasteiger charge is -2.18. The maximum atomic E-state index is 12.7. The summed E-state index contributed by atoms with van der Waals surface area (Å²) in [5.74, 6) is -0.646. The average Bonchev–Trinajstić information content (AvgIpc) is 3.25. The van der Waals surface area contributed by atoms with E-state index in [2.05, 4.69) is 15.4 Å². The number of carbonyl (C=O) groups excluding carboxylic acids is 1. The lowest BCUT2D eigenvalue weighted by molar-refractivity contribution is 0.0935. The van der Waals surface area contributed by atoms with Crippen LogP contribution in [0.3, 0.4) is 0 Å². The molecule has 0 aliphatic carbocycles. The zero-order valence-corrected chi connectivity index (χ0v) is 17.3. The van der Waals surface area contributed by atoms with Crippen LogP contribution in [0.1, 0.15) is 34.6 Å². The molecule has 0 bridgehead atoms. The number of benzene rings is 2. The Labute approximate surface area is 182 Å². The molecule has 1 unspecified atom stereocenters. The van der Waals surface area contributed by atoms with Crippen molar-refractivity contribution in [3.05, 3.63) is 105 Å². The molecule has 9 nitrogen and oxygen atoms in total. The predicted octanol–water partition coefficient (Wildman–Crippen LogP) is 2.05. The van der Waals surface area contributed by atoms with Gasteiger partial charge >= 0.3 is 5.69 Å². The third-order valence-electron chi connectivity index (χ3n) is 5.11. The summed E-state index contributed by atoms with van der Waals surface area (Å²) >= 11 is 0. The zero-order valence-electron chi connectivity index (χ0n) is 17.3. The fourth-order valence-electron chi connectivity index (χ4n) is 3.52. The SMILES string of the molecule is CC(NC(=O)c1[nH]c(=O)[nH]c(=O)c1N)c1ccccc1-c1cnn(Cc2ccccc2)c1. The number of nitrogens with two attached hydrogens (primary N) is 1. The number of anilines is 1. The number of aromatic amines is 2. The van der Waals surface area contributed by atoms with Crippen LogP contribution >= 0.6 is 0 Å². The van der Waals surface area contributed by atoms with Gasteiger partial charge < -0.3 is 16.0 Å². The van der Waals surface area contributed by atoms with E-state index in [1.807, 2.05) is 77.4 Å². The van der Waals surface area contributed by atoms with Crippen LogP contribution in [-0.2, 0) is 6.54 Å². The number of rotatable bonds is 6. The fourth-order valence-corrected chi connectivity index (χ4v) is 3.52. The molecule has 2 aromatic carbocycles. The van der Waals surface area contributed by atoms with Crippen LogP contribution in [0, 0.1) is 0 Å². The number of nitrogen functional groups attached to an aromatic ring is 1. The van der Waals surface area contributed by atoms with Gasteiger partial charge in [-0.05, 0) is 23.6 Å². The van der Waals surface area contributed by atoms with E-state index in [9.17, 15) is 14.4 Å². The topological polar surface area (TPSA) is 139 Å². The Morgan fingerprint density at radius 3 is 2.59 bits per heavy atom. The van der Waals surface area contributed by atoms with Crippen molar-refractivity contribution in [2.75, 3.05) is 5.73 Å². The molecule has 0 radical (unpaired) electrons. The molecule has 0 fully saturated rings. The maximum absolute atomic E-state index is 12.7. The number of hydrogen-bond donors (Lipinski definition) is 4. The van der Waals surface area contributed by atoms with Crippen LogP contribution in [0.2, 0.25) is 0 Å². The number of carbonyl (C=O) groups is 1. The van der Waals surface area contributed by atoms with Crippen molar-refractivity contribution < 1.29 is 4.79 Å². The Hall–Kier alpha value is -4.40. The zero-order chi connectivity index (χ0) is 22.7. The van der Waals surface area contributed by atoms with Crippen molar-refractivity contribution in [1.29, 1.82) is 0 Å². The van der Waals surface area contributed by atoms with Gasteiger partial charge in [0.2, 0.25) is 0 Å². The van der Waals surface area contributed by atoms with Crippen molar-refractivity contribution in [2.45, 2.75) is 19.5 Å². The van der Waals surface area contributed by atoms with Crippen molar-refractivity contribution in [3.63, 3.8) is 0 Å². The highest BCUT2D eigenvalue weighted by atomic mass is 16.2. The molecule has 32 heavy (non-hydrogen) atoms. The molecule has 5 N–H and O–H groups in total. The summed E-state index contributed by atoms with van der Waals surface area (Å²) < 4.78 is 1.85. The lowest BCUT2D eigenvalue weighted by Crippen LogP contribution is -2.34. The molecule has 0 saturated heterocycles. The van der Waals surface area contributed by atoms with E-state index in [1.165, 1.54) is 0 Å². The number of aromatic nitrogens is 4. The minimum atomic E-state index is -0.808. The Kier molecular flexibility index (Phi) is 5.71. The van der Waals surface area contributed by atoms with Gasteiger partial charge in [-0.25, -0.2) is 4.79 Å². The Morgan fingerprint density at radius 2 is 1.81 bits per heavy atom. The van der Waals surface area contributed by atoms with E-state index in [1.54, 1.807) is 6.20 Å². The smallest absolute Gasteiger partial charge is 0.326 e. The second kappa shape index (κ2) is 8.76. The number of nitrogens with one attached hydrogen (secondary N) is 3. The number of nitrogens with zero attached hydrogens (tertiary/aromatic N) is 2. The summed E-state index contributed by atoms with van der Waals surface area (Å²) in [6.07, 6.45) is 3.73. The first-order valence-corrected chi connectivity index (χ1v) is 10.0. The molecule has 2 aromatic heterocycles. The van der Waals surface area contributed by atoms with E-state index in [0.29, 0.717) is 6.54 Å². The van der Waals surface area contributed by atoms with Crippen molar-refractivity contribution in [3.8, 4) is 11.1 Å². The highest BCUT2D eigenvalue weighted by molar-refractivity contribution is 5.97.